The van der Waals surface area contributed by atoms with Crippen LogP contribution in [0.5, 0.6) is 0 Å². The summed E-state index contributed by atoms with van der Waals surface area (Å²) in [7, 11) is 0. The first-order valence-electron chi connectivity index (χ1n) is 5.96. The summed E-state index contributed by atoms with van der Waals surface area (Å²) >= 11 is 3.15. The van der Waals surface area contributed by atoms with Crippen LogP contribution in [0.25, 0.3) is 0 Å². The second kappa shape index (κ2) is 8.21. The summed E-state index contributed by atoms with van der Waals surface area (Å²) in [6.07, 6.45) is 1.71. The molecule has 0 atom stereocenters. The van der Waals surface area contributed by atoms with Crippen molar-refractivity contribution in [1.82, 2.24) is 5.32 Å². The summed E-state index contributed by atoms with van der Waals surface area (Å²) in [6, 6.07) is 4.38. The number of halogens is 2. The maximum atomic E-state index is 13.5. The minimum absolute atomic E-state index is 0.0627. The zero-order valence-electron chi connectivity index (χ0n) is 10.3. The van der Waals surface area contributed by atoms with Gasteiger partial charge in [0.25, 0.3) is 5.91 Å². The third kappa shape index (κ3) is 5.14. The number of ether oxygens (including phenoxy) is 1. The van der Waals surface area contributed by atoms with Gasteiger partial charge >= 0.3 is 0 Å². The Labute approximate surface area is 115 Å². The molecule has 0 spiro atoms. The number of benzene rings is 1. The Morgan fingerprint density at radius 1 is 1.44 bits per heavy atom. The van der Waals surface area contributed by atoms with Crippen molar-refractivity contribution >= 4 is 21.8 Å². The van der Waals surface area contributed by atoms with Gasteiger partial charge < -0.3 is 10.1 Å². The van der Waals surface area contributed by atoms with E-state index in [1.807, 2.05) is 6.92 Å². The molecule has 5 heteroatoms. The van der Waals surface area contributed by atoms with Crippen LogP contribution in [0.1, 0.15) is 30.1 Å². The second-order valence-electron chi connectivity index (χ2n) is 3.85. The van der Waals surface area contributed by atoms with Crippen molar-refractivity contribution in [3.05, 3.63) is 34.1 Å². The quantitative estimate of drug-likeness (QED) is 0.785. The molecule has 1 aromatic carbocycles. The molecule has 0 saturated heterocycles. The maximum Gasteiger partial charge on any atom is 0.254 e. The lowest BCUT2D eigenvalue weighted by molar-refractivity contribution is 0.0937. The lowest BCUT2D eigenvalue weighted by atomic mass is 10.2. The molecule has 1 aromatic rings. The summed E-state index contributed by atoms with van der Waals surface area (Å²) in [5.74, 6) is -0.917. The Hall–Kier alpha value is -0.940. The lowest BCUT2D eigenvalue weighted by Gasteiger charge is -2.06. The SMILES string of the molecule is CCCOCCCNC(=O)c1ccc(Br)cc1F. The van der Waals surface area contributed by atoms with E-state index in [2.05, 4.69) is 21.2 Å². The summed E-state index contributed by atoms with van der Waals surface area (Å²) in [6.45, 7) is 3.86. The highest BCUT2D eigenvalue weighted by atomic mass is 79.9. The van der Waals surface area contributed by atoms with Crippen LogP contribution >= 0.6 is 15.9 Å². The second-order valence-corrected chi connectivity index (χ2v) is 4.76. The van der Waals surface area contributed by atoms with Crippen molar-refractivity contribution < 1.29 is 13.9 Å². The Morgan fingerprint density at radius 2 is 2.22 bits per heavy atom. The maximum absolute atomic E-state index is 13.5. The minimum Gasteiger partial charge on any atom is -0.381 e. The molecule has 0 heterocycles. The van der Waals surface area contributed by atoms with Gasteiger partial charge in [-0.1, -0.05) is 22.9 Å². The van der Waals surface area contributed by atoms with Crippen LogP contribution < -0.4 is 5.32 Å². The van der Waals surface area contributed by atoms with E-state index >= 15 is 0 Å². The molecule has 0 fully saturated rings. The first kappa shape index (κ1) is 15.1. The van der Waals surface area contributed by atoms with Crippen LogP contribution in [0.3, 0.4) is 0 Å². The number of hydrogen-bond donors (Lipinski definition) is 1. The molecule has 0 aliphatic heterocycles. The van der Waals surface area contributed by atoms with E-state index in [9.17, 15) is 9.18 Å². The largest absolute Gasteiger partial charge is 0.381 e. The van der Waals surface area contributed by atoms with Gasteiger partial charge in [0.05, 0.1) is 5.56 Å². The summed E-state index contributed by atoms with van der Waals surface area (Å²) in [5.41, 5.74) is 0.0627. The van der Waals surface area contributed by atoms with Gasteiger partial charge in [-0.2, -0.15) is 0 Å². The fourth-order valence-electron chi connectivity index (χ4n) is 1.39. The normalized spacial score (nSPS) is 10.4. The zero-order valence-corrected chi connectivity index (χ0v) is 11.9. The van der Waals surface area contributed by atoms with Gasteiger partial charge in [0.2, 0.25) is 0 Å². The third-order valence-electron chi connectivity index (χ3n) is 2.28. The highest BCUT2D eigenvalue weighted by Gasteiger charge is 2.10. The Morgan fingerprint density at radius 3 is 2.89 bits per heavy atom. The molecular weight excluding hydrogens is 301 g/mol. The summed E-state index contributed by atoms with van der Waals surface area (Å²) in [5, 5.41) is 2.66. The Balaban J connectivity index is 2.32. The van der Waals surface area contributed by atoms with Crippen LogP contribution in [0.2, 0.25) is 0 Å². The fourth-order valence-corrected chi connectivity index (χ4v) is 1.72. The standard InChI is InChI=1S/C13H17BrFNO2/c1-2-7-18-8-3-6-16-13(17)11-5-4-10(14)9-12(11)15/h4-5,9H,2-3,6-8H2,1H3,(H,16,17). The number of carbonyl (C=O) groups excluding carboxylic acids is 1. The molecule has 0 radical (unpaired) electrons. The van der Waals surface area contributed by atoms with E-state index in [-0.39, 0.29) is 5.56 Å². The smallest absolute Gasteiger partial charge is 0.254 e. The monoisotopic (exact) mass is 317 g/mol. The van der Waals surface area contributed by atoms with Crippen LogP contribution in [0.4, 0.5) is 4.39 Å². The molecule has 0 saturated carbocycles. The molecule has 18 heavy (non-hydrogen) atoms. The van der Waals surface area contributed by atoms with Gasteiger partial charge in [-0.3, -0.25) is 4.79 Å². The van der Waals surface area contributed by atoms with Crippen molar-refractivity contribution in [2.75, 3.05) is 19.8 Å². The average molecular weight is 318 g/mol. The van der Waals surface area contributed by atoms with Crippen LogP contribution in [0.15, 0.2) is 22.7 Å². The number of rotatable bonds is 7. The van der Waals surface area contributed by atoms with Gasteiger partial charge in [0.1, 0.15) is 5.82 Å². The molecule has 0 aromatic heterocycles. The van der Waals surface area contributed by atoms with Crippen LogP contribution in [0, 0.1) is 5.82 Å². The molecule has 0 aliphatic carbocycles. The van der Waals surface area contributed by atoms with E-state index in [0.717, 1.165) is 19.4 Å². The first-order valence-corrected chi connectivity index (χ1v) is 6.75. The predicted octanol–water partition coefficient (Wildman–Crippen LogP) is 3.13. The van der Waals surface area contributed by atoms with Crippen molar-refractivity contribution in [2.45, 2.75) is 19.8 Å². The van der Waals surface area contributed by atoms with Crippen LogP contribution in [-0.2, 0) is 4.74 Å². The van der Waals surface area contributed by atoms with Gasteiger partial charge in [-0.05, 0) is 31.0 Å². The number of carbonyl (C=O) groups is 1. The Kier molecular flexibility index (Phi) is 6.90. The number of hydrogen-bond acceptors (Lipinski definition) is 2. The summed E-state index contributed by atoms with van der Waals surface area (Å²) < 4.78 is 19.4. The minimum atomic E-state index is -0.524. The summed E-state index contributed by atoms with van der Waals surface area (Å²) in [4.78, 5) is 11.7. The average Bonchev–Trinajstić information content (AvgIpc) is 2.33. The van der Waals surface area contributed by atoms with Crippen molar-refractivity contribution in [3.8, 4) is 0 Å². The molecule has 1 N–H and O–H groups in total. The lowest BCUT2D eigenvalue weighted by Crippen LogP contribution is -2.26. The van der Waals surface area contributed by atoms with Gasteiger partial charge in [0.15, 0.2) is 0 Å². The van der Waals surface area contributed by atoms with Crippen molar-refractivity contribution in [2.24, 2.45) is 0 Å². The molecule has 0 bridgehead atoms. The first-order chi connectivity index (χ1) is 8.65. The van der Waals surface area contributed by atoms with Crippen molar-refractivity contribution in [1.29, 1.82) is 0 Å². The highest BCUT2D eigenvalue weighted by Crippen LogP contribution is 2.15. The van der Waals surface area contributed by atoms with Crippen LogP contribution in [-0.4, -0.2) is 25.7 Å². The molecule has 0 unspecified atom stereocenters. The van der Waals surface area contributed by atoms with Gasteiger partial charge in [-0.25, -0.2) is 4.39 Å². The number of nitrogens with one attached hydrogen (secondary N) is 1. The molecular formula is C13H17BrFNO2. The van der Waals surface area contributed by atoms with Gasteiger partial charge in [0, 0.05) is 24.2 Å². The molecule has 1 amide bonds. The van der Waals surface area contributed by atoms with E-state index in [1.165, 1.54) is 12.1 Å². The fraction of sp³-hybridized carbons (Fsp3) is 0.462. The number of amides is 1. The van der Waals surface area contributed by atoms with E-state index < -0.39 is 11.7 Å². The topological polar surface area (TPSA) is 38.3 Å². The molecule has 1 rings (SSSR count). The highest BCUT2D eigenvalue weighted by molar-refractivity contribution is 9.10. The molecule has 3 nitrogen and oxygen atoms in total. The third-order valence-corrected chi connectivity index (χ3v) is 2.77. The van der Waals surface area contributed by atoms with Crippen molar-refractivity contribution in [3.63, 3.8) is 0 Å². The van der Waals surface area contributed by atoms with E-state index in [0.29, 0.717) is 17.6 Å². The van der Waals surface area contributed by atoms with Gasteiger partial charge in [-0.15, -0.1) is 0 Å². The van der Waals surface area contributed by atoms with E-state index in [1.54, 1.807) is 6.07 Å². The zero-order chi connectivity index (χ0) is 13.4. The molecule has 100 valence electrons. The van der Waals surface area contributed by atoms with E-state index in [4.69, 9.17) is 4.74 Å². The Bertz CT molecular complexity index is 399. The predicted molar refractivity (Wildman–Crippen MR) is 72.2 cm³/mol. The molecule has 0 aliphatic rings.